The van der Waals surface area contributed by atoms with Crippen LogP contribution in [-0.4, -0.2) is 37.1 Å². The largest absolute Gasteiger partial charge is 0.368 e. The van der Waals surface area contributed by atoms with Gasteiger partial charge in [-0.25, -0.2) is 4.39 Å². The Kier molecular flexibility index (Phi) is 5.49. The molecule has 0 N–H and O–H groups in total. The van der Waals surface area contributed by atoms with Crippen molar-refractivity contribution in [3.63, 3.8) is 0 Å². The van der Waals surface area contributed by atoms with Crippen LogP contribution in [0.25, 0.3) is 0 Å². The molecule has 0 aliphatic carbocycles. The number of halogens is 1. The molecule has 0 aromatic heterocycles. The normalized spacial score (nSPS) is 18.6. The first-order valence-corrected chi connectivity index (χ1v) is 10.4. The fraction of sp³-hybridized carbons (Fsp3) is 0.500. The highest BCUT2D eigenvalue weighted by Crippen LogP contribution is 2.35. The van der Waals surface area contributed by atoms with Gasteiger partial charge in [0.2, 0.25) is 0 Å². The highest BCUT2D eigenvalue weighted by Gasteiger charge is 2.29. The molecule has 2 aliphatic rings. The third kappa shape index (κ3) is 4.03. The summed E-state index contributed by atoms with van der Waals surface area (Å²) in [5.74, 6) is -0.146. The Morgan fingerprint density at radius 3 is 2.44 bits per heavy atom. The fourth-order valence-corrected chi connectivity index (χ4v) is 4.77. The zero-order valence-corrected chi connectivity index (χ0v) is 16.7. The molecule has 2 aromatic carbocycles. The maximum absolute atomic E-state index is 13.0. The standard InChI is InChI=1S/C24H31FN2/c1-18-5-8-21-4-3-14-27(24(21)19(18)2)23-12-16-26(17-13-23)15-11-20-6-9-22(25)10-7-20/h5-10,23H,3-4,11-17H2,1-2H3. The van der Waals surface area contributed by atoms with E-state index < -0.39 is 0 Å². The molecule has 2 nitrogen and oxygen atoms in total. The van der Waals surface area contributed by atoms with Crippen molar-refractivity contribution >= 4 is 5.69 Å². The van der Waals surface area contributed by atoms with Gasteiger partial charge in [-0.3, -0.25) is 0 Å². The van der Waals surface area contributed by atoms with E-state index in [1.165, 1.54) is 67.7 Å². The van der Waals surface area contributed by atoms with Crippen LogP contribution in [0.4, 0.5) is 10.1 Å². The van der Waals surface area contributed by atoms with Gasteiger partial charge in [-0.15, -0.1) is 0 Å². The van der Waals surface area contributed by atoms with E-state index in [1.807, 2.05) is 12.1 Å². The molecule has 0 atom stereocenters. The molecule has 1 saturated heterocycles. The number of benzene rings is 2. The lowest BCUT2D eigenvalue weighted by Crippen LogP contribution is -2.47. The Labute approximate surface area is 163 Å². The SMILES string of the molecule is Cc1ccc2c(c1C)N(C1CCN(CCc3ccc(F)cc3)CC1)CCC2. The monoisotopic (exact) mass is 366 g/mol. The highest BCUT2D eigenvalue weighted by molar-refractivity contribution is 5.63. The molecule has 0 saturated carbocycles. The first kappa shape index (κ1) is 18.5. The van der Waals surface area contributed by atoms with Crippen LogP contribution in [-0.2, 0) is 12.8 Å². The third-order valence-corrected chi connectivity index (χ3v) is 6.55. The lowest BCUT2D eigenvalue weighted by atomic mass is 9.92. The van der Waals surface area contributed by atoms with Crippen LogP contribution in [0.3, 0.4) is 0 Å². The first-order chi connectivity index (χ1) is 13.1. The summed E-state index contributed by atoms with van der Waals surface area (Å²) in [6.07, 6.45) is 6.01. The molecule has 144 valence electrons. The average molecular weight is 367 g/mol. The predicted molar refractivity (Wildman–Crippen MR) is 111 cm³/mol. The molecule has 0 amide bonds. The summed E-state index contributed by atoms with van der Waals surface area (Å²) in [5, 5.41) is 0. The Morgan fingerprint density at radius 2 is 1.70 bits per heavy atom. The Hall–Kier alpha value is -1.87. The molecule has 0 unspecified atom stereocenters. The fourth-order valence-electron chi connectivity index (χ4n) is 4.77. The zero-order valence-electron chi connectivity index (χ0n) is 16.7. The third-order valence-electron chi connectivity index (χ3n) is 6.55. The van der Waals surface area contributed by atoms with Crippen LogP contribution in [0.1, 0.15) is 41.5 Å². The molecular weight excluding hydrogens is 335 g/mol. The van der Waals surface area contributed by atoms with Gasteiger partial charge < -0.3 is 9.80 Å². The zero-order chi connectivity index (χ0) is 18.8. The van der Waals surface area contributed by atoms with Gasteiger partial charge in [0.1, 0.15) is 5.82 Å². The number of anilines is 1. The molecule has 4 rings (SSSR count). The molecule has 0 bridgehead atoms. The van der Waals surface area contributed by atoms with Gasteiger partial charge in [0.15, 0.2) is 0 Å². The first-order valence-electron chi connectivity index (χ1n) is 10.4. The molecule has 27 heavy (non-hydrogen) atoms. The van der Waals surface area contributed by atoms with Crippen LogP contribution in [0.15, 0.2) is 36.4 Å². The van der Waals surface area contributed by atoms with Crippen molar-refractivity contribution in [1.29, 1.82) is 0 Å². The molecule has 1 fully saturated rings. The highest BCUT2D eigenvalue weighted by atomic mass is 19.1. The number of aryl methyl sites for hydroxylation is 2. The minimum absolute atomic E-state index is 0.146. The van der Waals surface area contributed by atoms with Gasteiger partial charge >= 0.3 is 0 Å². The van der Waals surface area contributed by atoms with Crippen molar-refractivity contribution in [3.8, 4) is 0 Å². The molecule has 3 heteroatoms. The van der Waals surface area contributed by atoms with E-state index >= 15 is 0 Å². The molecular formula is C24H31FN2. The summed E-state index contributed by atoms with van der Waals surface area (Å²) in [4.78, 5) is 5.30. The van der Waals surface area contributed by atoms with Gasteiger partial charge in [-0.2, -0.15) is 0 Å². The summed E-state index contributed by atoms with van der Waals surface area (Å²) in [6.45, 7) is 9.15. The molecule has 2 heterocycles. The van der Waals surface area contributed by atoms with Crippen LogP contribution in [0.2, 0.25) is 0 Å². The minimum atomic E-state index is -0.146. The van der Waals surface area contributed by atoms with E-state index in [0.717, 1.165) is 13.0 Å². The van der Waals surface area contributed by atoms with Gasteiger partial charge in [0.25, 0.3) is 0 Å². The lowest BCUT2D eigenvalue weighted by Gasteiger charge is -2.43. The molecule has 0 spiro atoms. The van der Waals surface area contributed by atoms with E-state index in [2.05, 4.69) is 35.8 Å². The quantitative estimate of drug-likeness (QED) is 0.759. The number of hydrogen-bond donors (Lipinski definition) is 0. The van der Waals surface area contributed by atoms with Crippen LogP contribution in [0.5, 0.6) is 0 Å². The number of hydrogen-bond acceptors (Lipinski definition) is 2. The van der Waals surface area contributed by atoms with Gasteiger partial charge in [-0.1, -0.05) is 24.3 Å². The summed E-state index contributed by atoms with van der Waals surface area (Å²) < 4.78 is 13.0. The minimum Gasteiger partial charge on any atom is -0.368 e. The summed E-state index contributed by atoms with van der Waals surface area (Å²) in [7, 11) is 0. The maximum atomic E-state index is 13.0. The molecule has 2 aliphatic heterocycles. The van der Waals surface area contributed by atoms with Crippen LogP contribution >= 0.6 is 0 Å². The predicted octanol–water partition coefficient (Wildman–Crippen LogP) is 4.90. The topological polar surface area (TPSA) is 6.48 Å². The summed E-state index contributed by atoms with van der Waals surface area (Å²) in [5.41, 5.74) is 7.20. The van der Waals surface area contributed by atoms with Gasteiger partial charge in [-0.05, 0) is 80.3 Å². The summed E-state index contributed by atoms with van der Waals surface area (Å²) in [6, 6.07) is 12.3. The lowest BCUT2D eigenvalue weighted by molar-refractivity contribution is 0.210. The van der Waals surface area contributed by atoms with Crippen molar-refractivity contribution in [2.45, 2.75) is 52.0 Å². The van der Waals surface area contributed by atoms with Crippen molar-refractivity contribution in [3.05, 3.63) is 64.5 Å². The molecule has 0 radical (unpaired) electrons. The van der Waals surface area contributed by atoms with E-state index in [9.17, 15) is 4.39 Å². The Bertz CT molecular complexity index is 776. The van der Waals surface area contributed by atoms with Crippen molar-refractivity contribution < 1.29 is 4.39 Å². The number of fused-ring (bicyclic) bond motifs is 1. The maximum Gasteiger partial charge on any atom is 0.123 e. The van der Waals surface area contributed by atoms with Crippen molar-refractivity contribution in [2.24, 2.45) is 0 Å². The van der Waals surface area contributed by atoms with E-state index in [-0.39, 0.29) is 5.82 Å². The summed E-state index contributed by atoms with van der Waals surface area (Å²) >= 11 is 0. The van der Waals surface area contributed by atoms with Crippen LogP contribution in [0, 0.1) is 19.7 Å². The average Bonchev–Trinajstić information content (AvgIpc) is 2.70. The van der Waals surface area contributed by atoms with E-state index in [4.69, 9.17) is 0 Å². The number of rotatable bonds is 4. The van der Waals surface area contributed by atoms with Gasteiger partial charge in [0.05, 0.1) is 0 Å². The van der Waals surface area contributed by atoms with Gasteiger partial charge in [0, 0.05) is 37.9 Å². The number of nitrogens with zero attached hydrogens (tertiary/aromatic N) is 2. The van der Waals surface area contributed by atoms with Crippen molar-refractivity contribution in [1.82, 2.24) is 4.90 Å². The molecule has 2 aromatic rings. The van der Waals surface area contributed by atoms with Crippen LogP contribution < -0.4 is 4.90 Å². The second-order valence-electron chi connectivity index (χ2n) is 8.26. The number of piperidine rings is 1. The Morgan fingerprint density at radius 1 is 0.963 bits per heavy atom. The second kappa shape index (κ2) is 8.02. The number of likely N-dealkylation sites (tertiary alicyclic amines) is 1. The van der Waals surface area contributed by atoms with Crippen molar-refractivity contribution in [2.75, 3.05) is 31.1 Å². The second-order valence-corrected chi connectivity index (χ2v) is 8.26. The van der Waals surface area contributed by atoms with E-state index in [1.54, 1.807) is 17.7 Å². The smallest absolute Gasteiger partial charge is 0.123 e. The Balaban J connectivity index is 1.36. The van der Waals surface area contributed by atoms with E-state index in [0.29, 0.717) is 6.04 Å².